The number of aromatic nitrogens is 2. The average molecular weight is 437 g/mol. The maximum atomic E-state index is 13.3. The fraction of sp³-hybridized carbons (Fsp3) is 0.375. The average Bonchev–Trinajstić information content (AvgIpc) is 3.01. The van der Waals surface area contributed by atoms with Crippen LogP contribution in [0.5, 0.6) is 0 Å². The number of H-pyrrole nitrogens is 1. The van der Waals surface area contributed by atoms with Gasteiger partial charge in [-0.05, 0) is 81.0 Å². The van der Waals surface area contributed by atoms with Crippen molar-refractivity contribution in [1.82, 2.24) is 19.4 Å². The number of hydrogen-bond donors (Lipinski definition) is 1. The molecule has 1 amide bonds. The van der Waals surface area contributed by atoms with Crippen molar-refractivity contribution in [1.29, 1.82) is 0 Å². The summed E-state index contributed by atoms with van der Waals surface area (Å²) in [4.78, 5) is 33.8. The second-order valence-corrected chi connectivity index (χ2v) is 8.52. The van der Waals surface area contributed by atoms with E-state index in [0.717, 1.165) is 56.0 Å². The monoisotopic (exact) mass is 436 g/mol. The van der Waals surface area contributed by atoms with Crippen molar-refractivity contribution in [2.45, 2.75) is 27.2 Å². The van der Waals surface area contributed by atoms with E-state index >= 15 is 0 Å². The van der Waals surface area contributed by atoms with Gasteiger partial charge >= 0.3 is 0 Å². The predicted octanol–water partition coefficient (Wildman–Crippen LogP) is 3.83. The summed E-state index contributed by atoms with van der Waals surface area (Å²) in [7, 11) is 0. The molecule has 162 valence electrons. The summed E-state index contributed by atoms with van der Waals surface area (Å²) in [5, 5.41) is 0.513. The Hall–Kier alpha value is -2.77. The molecule has 1 aliphatic rings. The molecule has 1 fully saturated rings. The first-order chi connectivity index (χ1) is 14.9. The largest absolute Gasteiger partial charge is 0.337 e. The Balaban J connectivity index is 1.73. The minimum absolute atomic E-state index is 0.00196. The van der Waals surface area contributed by atoms with Crippen LogP contribution < -0.4 is 5.56 Å². The number of amides is 1. The normalized spacial score (nSPS) is 15.3. The summed E-state index contributed by atoms with van der Waals surface area (Å²) in [5.74, 6) is -0.00196. The number of hydrogen-bond acceptors (Lipinski definition) is 4. The van der Waals surface area contributed by atoms with Gasteiger partial charge in [0, 0.05) is 25.2 Å². The van der Waals surface area contributed by atoms with Crippen LogP contribution in [-0.2, 0) is 0 Å². The van der Waals surface area contributed by atoms with Gasteiger partial charge in [0.1, 0.15) is 0 Å². The first-order valence-electron chi connectivity index (χ1n) is 10.8. The SMILES string of the molecule is CCN1CCCN(C(=O)c2ccc3c(=O)n(-c4cccc(C)c4C)c(=S)[nH]c3c2)CC1. The number of rotatable bonds is 3. The fourth-order valence-corrected chi connectivity index (χ4v) is 4.51. The van der Waals surface area contributed by atoms with E-state index in [1.165, 1.54) is 4.57 Å². The van der Waals surface area contributed by atoms with E-state index in [1.807, 2.05) is 36.9 Å². The molecule has 1 aliphatic heterocycles. The van der Waals surface area contributed by atoms with Crippen LogP contribution in [-0.4, -0.2) is 58.0 Å². The Morgan fingerprint density at radius 1 is 1.10 bits per heavy atom. The highest BCUT2D eigenvalue weighted by molar-refractivity contribution is 7.71. The summed E-state index contributed by atoms with van der Waals surface area (Å²) in [5.41, 5.74) is 3.87. The standard InChI is InChI=1S/C24H28N4O2S/c1-4-26-11-6-12-27(14-13-26)22(29)18-9-10-19-20(15-18)25-24(31)28(23(19)30)21-8-5-7-16(2)17(21)3/h5,7-10,15H,4,6,11-14H2,1-3H3,(H,25,31). The highest BCUT2D eigenvalue weighted by Gasteiger charge is 2.20. The number of fused-ring (bicyclic) bond motifs is 1. The van der Waals surface area contributed by atoms with Crippen molar-refractivity contribution in [2.24, 2.45) is 0 Å². The highest BCUT2D eigenvalue weighted by Crippen LogP contribution is 2.19. The van der Waals surface area contributed by atoms with Gasteiger partial charge in [-0.15, -0.1) is 0 Å². The smallest absolute Gasteiger partial charge is 0.266 e. The molecule has 0 atom stereocenters. The molecule has 6 nitrogen and oxygen atoms in total. The van der Waals surface area contributed by atoms with Gasteiger partial charge in [-0.25, -0.2) is 0 Å². The van der Waals surface area contributed by atoms with Crippen LogP contribution >= 0.6 is 12.2 Å². The lowest BCUT2D eigenvalue weighted by molar-refractivity contribution is 0.0762. The van der Waals surface area contributed by atoms with E-state index in [4.69, 9.17) is 12.2 Å². The Morgan fingerprint density at radius 2 is 1.90 bits per heavy atom. The first kappa shape index (κ1) is 21.5. The molecule has 0 bridgehead atoms. The minimum atomic E-state index is -0.181. The third kappa shape index (κ3) is 4.07. The zero-order valence-electron chi connectivity index (χ0n) is 18.3. The van der Waals surface area contributed by atoms with Gasteiger partial charge in [-0.3, -0.25) is 14.2 Å². The van der Waals surface area contributed by atoms with Crippen molar-refractivity contribution in [3.63, 3.8) is 0 Å². The molecular weight excluding hydrogens is 408 g/mol. The quantitative estimate of drug-likeness (QED) is 0.634. The number of likely N-dealkylation sites (N-methyl/N-ethyl adjacent to an activating group) is 1. The van der Waals surface area contributed by atoms with Crippen LogP contribution in [0.4, 0.5) is 0 Å². The summed E-state index contributed by atoms with van der Waals surface area (Å²) >= 11 is 5.54. The zero-order valence-corrected chi connectivity index (χ0v) is 19.1. The number of carbonyl (C=O) groups excluding carboxylic acids is 1. The number of benzene rings is 2. The predicted molar refractivity (Wildman–Crippen MR) is 127 cm³/mol. The molecule has 1 saturated heterocycles. The lowest BCUT2D eigenvalue weighted by Gasteiger charge is -2.21. The topological polar surface area (TPSA) is 61.3 Å². The lowest BCUT2D eigenvalue weighted by Crippen LogP contribution is -2.35. The molecule has 1 aromatic heterocycles. The number of carbonyl (C=O) groups is 1. The Labute approximate surface area is 187 Å². The van der Waals surface area contributed by atoms with Crippen LogP contribution in [0.25, 0.3) is 16.6 Å². The molecule has 2 heterocycles. The maximum Gasteiger partial charge on any atom is 0.266 e. The minimum Gasteiger partial charge on any atom is -0.337 e. The van der Waals surface area contributed by atoms with Gasteiger partial charge in [-0.1, -0.05) is 19.1 Å². The van der Waals surface area contributed by atoms with Gasteiger partial charge in [-0.2, -0.15) is 0 Å². The van der Waals surface area contributed by atoms with Gasteiger partial charge < -0.3 is 14.8 Å². The fourth-order valence-electron chi connectivity index (χ4n) is 4.22. The van der Waals surface area contributed by atoms with E-state index in [-0.39, 0.29) is 11.5 Å². The molecule has 31 heavy (non-hydrogen) atoms. The van der Waals surface area contributed by atoms with Gasteiger partial charge in [0.2, 0.25) is 0 Å². The maximum absolute atomic E-state index is 13.3. The van der Waals surface area contributed by atoms with Crippen molar-refractivity contribution in [2.75, 3.05) is 32.7 Å². The first-order valence-corrected chi connectivity index (χ1v) is 11.2. The van der Waals surface area contributed by atoms with Crippen LogP contribution in [0.3, 0.4) is 0 Å². The molecule has 0 unspecified atom stereocenters. The molecule has 0 spiro atoms. The summed E-state index contributed by atoms with van der Waals surface area (Å²) in [6.45, 7) is 10.5. The number of aryl methyl sites for hydroxylation is 1. The van der Waals surface area contributed by atoms with Gasteiger partial charge in [0.25, 0.3) is 11.5 Å². The second-order valence-electron chi connectivity index (χ2n) is 8.13. The zero-order chi connectivity index (χ0) is 22.1. The van der Waals surface area contributed by atoms with E-state index in [0.29, 0.717) is 21.2 Å². The number of nitrogens with zero attached hydrogens (tertiary/aromatic N) is 3. The Morgan fingerprint density at radius 3 is 2.68 bits per heavy atom. The van der Waals surface area contributed by atoms with Crippen LogP contribution in [0, 0.1) is 18.6 Å². The molecule has 2 aromatic carbocycles. The molecule has 4 rings (SSSR count). The Kier molecular flexibility index (Phi) is 6.07. The van der Waals surface area contributed by atoms with Crippen molar-refractivity contribution in [3.8, 4) is 5.69 Å². The summed E-state index contributed by atoms with van der Waals surface area (Å²) in [6.07, 6.45) is 0.968. The van der Waals surface area contributed by atoms with Crippen LogP contribution in [0.2, 0.25) is 0 Å². The molecular formula is C24H28N4O2S. The molecule has 3 aromatic rings. The molecule has 7 heteroatoms. The third-order valence-corrected chi connectivity index (χ3v) is 6.57. The Bertz CT molecular complexity index is 1260. The number of nitrogens with one attached hydrogen (secondary N) is 1. The summed E-state index contributed by atoms with van der Waals surface area (Å²) < 4.78 is 1.86. The third-order valence-electron chi connectivity index (χ3n) is 6.28. The van der Waals surface area contributed by atoms with Crippen LogP contribution in [0.15, 0.2) is 41.2 Å². The highest BCUT2D eigenvalue weighted by atomic mass is 32.1. The van der Waals surface area contributed by atoms with Crippen molar-refractivity contribution < 1.29 is 4.79 Å². The second kappa shape index (κ2) is 8.77. The molecule has 0 saturated carbocycles. The number of aromatic amines is 1. The van der Waals surface area contributed by atoms with Gasteiger partial charge in [0.05, 0.1) is 16.6 Å². The van der Waals surface area contributed by atoms with E-state index in [9.17, 15) is 9.59 Å². The molecule has 0 radical (unpaired) electrons. The van der Waals surface area contributed by atoms with Crippen LogP contribution in [0.1, 0.15) is 34.8 Å². The van der Waals surface area contributed by atoms with E-state index in [1.54, 1.807) is 18.2 Å². The van der Waals surface area contributed by atoms with E-state index in [2.05, 4.69) is 16.8 Å². The van der Waals surface area contributed by atoms with E-state index < -0.39 is 0 Å². The van der Waals surface area contributed by atoms with Gasteiger partial charge in [0.15, 0.2) is 4.77 Å². The summed E-state index contributed by atoms with van der Waals surface area (Å²) in [6, 6.07) is 11.1. The van der Waals surface area contributed by atoms with Crippen molar-refractivity contribution >= 4 is 29.0 Å². The molecule has 0 aliphatic carbocycles. The molecule has 1 N–H and O–H groups in total. The lowest BCUT2D eigenvalue weighted by atomic mass is 10.1. The van der Waals surface area contributed by atoms with Crippen molar-refractivity contribution in [3.05, 3.63) is 68.2 Å².